The molecule has 1 atom stereocenters. The summed E-state index contributed by atoms with van der Waals surface area (Å²) in [4.78, 5) is 13.5. The number of allylic oxidation sites excluding steroid dienone is 1. The van der Waals surface area contributed by atoms with E-state index in [0.717, 1.165) is 5.56 Å². The number of anilines is 2. The molecule has 1 unspecified atom stereocenters. The van der Waals surface area contributed by atoms with E-state index in [0.29, 0.717) is 40.2 Å². The zero-order chi connectivity index (χ0) is 22.0. The summed E-state index contributed by atoms with van der Waals surface area (Å²) in [6.07, 6.45) is 0. The molecule has 0 bridgehead atoms. The van der Waals surface area contributed by atoms with E-state index in [-0.39, 0.29) is 5.91 Å². The van der Waals surface area contributed by atoms with Crippen LogP contribution in [-0.2, 0) is 4.79 Å². The maximum Gasteiger partial charge on any atom is 0.255 e. The first-order valence-electron chi connectivity index (χ1n) is 9.49. The summed E-state index contributed by atoms with van der Waals surface area (Å²) in [7, 11) is 4.68. The number of amides is 1. The van der Waals surface area contributed by atoms with Gasteiger partial charge in [-0.05, 0) is 35.5 Å². The molecule has 2 aromatic carbocycles. The zero-order valence-corrected chi connectivity index (χ0v) is 17.5. The minimum atomic E-state index is -0.598. The lowest BCUT2D eigenvalue weighted by Crippen LogP contribution is -2.31. The number of tetrazole rings is 1. The molecule has 0 saturated carbocycles. The first-order chi connectivity index (χ1) is 15.1. The highest BCUT2D eigenvalue weighted by Gasteiger charge is 2.35. The van der Waals surface area contributed by atoms with Gasteiger partial charge in [-0.25, -0.2) is 0 Å². The van der Waals surface area contributed by atoms with E-state index < -0.39 is 6.04 Å². The van der Waals surface area contributed by atoms with Crippen molar-refractivity contribution in [3.05, 3.63) is 59.3 Å². The quantitative estimate of drug-likeness (QED) is 0.623. The van der Waals surface area contributed by atoms with Gasteiger partial charge in [-0.15, -0.1) is 0 Å². The van der Waals surface area contributed by atoms with Crippen LogP contribution in [0.4, 0.5) is 11.6 Å². The molecule has 1 aliphatic heterocycles. The molecule has 160 valence electrons. The molecule has 1 aromatic heterocycles. The molecule has 3 aromatic rings. The highest BCUT2D eigenvalue weighted by molar-refractivity contribution is 6.06. The molecule has 2 N–H and O–H groups in total. The average molecular weight is 422 g/mol. The largest absolute Gasteiger partial charge is 0.497 e. The van der Waals surface area contributed by atoms with Crippen molar-refractivity contribution in [3.63, 3.8) is 0 Å². The topological polar surface area (TPSA) is 112 Å². The third-order valence-corrected chi connectivity index (χ3v) is 5.05. The fourth-order valence-corrected chi connectivity index (χ4v) is 3.59. The summed E-state index contributed by atoms with van der Waals surface area (Å²) in [5.74, 6) is 1.81. The lowest BCUT2D eigenvalue weighted by atomic mass is 9.94. The van der Waals surface area contributed by atoms with Gasteiger partial charge in [-0.1, -0.05) is 23.3 Å². The summed E-state index contributed by atoms with van der Waals surface area (Å²) in [6, 6.07) is 12.0. The highest BCUT2D eigenvalue weighted by atomic mass is 16.5. The number of ether oxygens (including phenoxy) is 3. The van der Waals surface area contributed by atoms with Gasteiger partial charge < -0.3 is 24.8 Å². The van der Waals surface area contributed by atoms with Gasteiger partial charge in [0.2, 0.25) is 5.95 Å². The molecule has 31 heavy (non-hydrogen) atoms. The number of nitrogens with zero attached hydrogens (tertiary/aromatic N) is 4. The van der Waals surface area contributed by atoms with E-state index in [1.807, 2.05) is 24.3 Å². The predicted octanol–water partition coefficient (Wildman–Crippen LogP) is 2.63. The number of nitrogens with one attached hydrogen (secondary N) is 2. The van der Waals surface area contributed by atoms with Gasteiger partial charge in [0.05, 0.1) is 32.6 Å². The molecule has 0 aliphatic carbocycles. The molecular weight excluding hydrogens is 400 g/mol. The fourth-order valence-electron chi connectivity index (χ4n) is 3.59. The van der Waals surface area contributed by atoms with Crippen LogP contribution in [0, 0.1) is 0 Å². The molecule has 1 aliphatic rings. The molecule has 4 rings (SSSR count). The molecule has 0 fully saturated rings. The Morgan fingerprint density at radius 2 is 1.84 bits per heavy atom. The van der Waals surface area contributed by atoms with Crippen molar-refractivity contribution in [2.45, 2.75) is 13.0 Å². The molecule has 10 nitrogen and oxygen atoms in total. The summed E-state index contributed by atoms with van der Waals surface area (Å²) in [5, 5.41) is 17.9. The summed E-state index contributed by atoms with van der Waals surface area (Å²) in [5.41, 5.74) is 2.29. The Labute approximate surface area is 178 Å². The van der Waals surface area contributed by atoms with Crippen molar-refractivity contribution in [3.8, 4) is 17.2 Å². The second kappa shape index (κ2) is 8.34. The highest BCUT2D eigenvalue weighted by Crippen LogP contribution is 2.39. The van der Waals surface area contributed by atoms with Gasteiger partial charge in [0.1, 0.15) is 23.3 Å². The van der Waals surface area contributed by atoms with E-state index in [1.165, 1.54) is 7.11 Å². The van der Waals surface area contributed by atoms with Crippen LogP contribution < -0.4 is 24.8 Å². The van der Waals surface area contributed by atoms with Gasteiger partial charge in [-0.3, -0.25) is 4.79 Å². The Hall–Kier alpha value is -4.08. The molecule has 0 radical (unpaired) electrons. The van der Waals surface area contributed by atoms with E-state index in [9.17, 15) is 4.79 Å². The maximum absolute atomic E-state index is 13.5. The molecule has 0 spiro atoms. The summed E-state index contributed by atoms with van der Waals surface area (Å²) >= 11 is 0. The standard InChI is InChI=1S/C21H22N6O4/c1-12-18(20(28)23-15-11-13(29-2)9-10-17(15)31-4)19(27-21(22-12)24-25-26-27)14-7-5-6-8-16(14)30-3/h5-11,19H,1-4H3,(H,23,28)(H,22,24,26). The molecular formula is C21H22N6O4. The van der Waals surface area contributed by atoms with Crippen LogP contribution in [0.1, 0.15) is 18.5 Å². The predicted molar refractivity (Wildman–Crippen MR) is 113 cm³/mol. The van der Waals surface area contributed by atoms with Crippen LogP contribution >= 0.6 is 0 Å². The van der Waals surface area contributed by atoms with Gasteiger partial charge >= 0.3 is 0 Å². The summed E-state index contributed by atoms with van der Waals surface area (Å²) in [6.45, 7) is 1.80. The number of carbonyl (C=O) groups excluding carboxylic acids is 1. The number of benzene rings is 2. The third-order valence-electron chi connectivity index (χ3n) is 5.05. The smallest absolute Gasteiger partial charge is 0.255 e. The van der Waals surface area contributed by atoms with Crippen molar-refractivity contribution in [2.24, 2.45) is 0 Å². The van der Waals surface area contributed by atoms with Crippen LogP contribution in [0.2, 0.25) is 0 Å². The van der Waals surface area contributed by atoms with Crippen LogP contribution in [0.15, 0.2) is 53.7 Å². The number of hydrogen-bond acceptors (Lipinski definition) is 8. The lowest BCUT2D eigenvalue weighted by Gasteiger charge is -2.29. The van der Waals surface area contributed by atoms with E-state index in [2.05, 4.69) is 26.2 Å². The number of para-hydroxylation sites is 1. The lowest BCUT2D eigenvalue weighted by molar-refractivity contribution is -0.113. The minimum absolute atomic E-state index is 0.339. The van der Waals surface area contributed by atoms with Crippen molar-refractivity contribution in [2.75, 3.05) is 32.0 Å². The number of methoxy groups -OCH3 is 3. The first-order valence-corrected chi connectivity index (χ1v) is 9.49. The Balaban J connectivity index is 1.79. The van der Waals surface area contributed by atoms with Crippen LogP contribution in [0.3, 0.4) is 0 Å². The van der Waals surface area contributed by atoms with Gasteiger partial charge in [0, 0.05) is 17.3 Å². The van der Waals surface area contributed by atoms with Crippen LogP contribution in [0.5, 0.6) is 17.2 Å². The van der Waals surface area contributed by atoms with E-state index in [4.69, 9.17) is 14.2 Å². The molecule has 2 heterocycles. The fraction of sp³-hybridized carbons (Fsp3) is 0.238. The van der Waals surface area contributed by atoms with Crippen molar-refractivity contribution < 1.29 is 19.0 Å². The van der Waals surface area contributed by atoms with E-state index >= 15 is 0 Å². The Morgan fingerprint density at radius 3 is 2.58 bits per heavy atom. The van der Waals surface area contributed by atoms with Crippen LogP contribution in [-0.4, -0.2) is 47.4 Å². The molecule has 0 saturated heterocycles. The minimum Gasteiger partial charge on any atom is -0.497 e. The second-order valence-corrected chi connectivity index (χ2v) is 6.78. The molecule has 10 heteroatoms. The number of aromatic nitrogens is 4. The Kier molecular flexibility index (Phi) is 5.44. The van der Waals surface area contributed by atoms with Crippen LogP contribution in [0.25, 0.3) is 0 Å². The van der Waals surface area contributed by atoms with Gasteiger partial charge in [0.25, 0.3) is 5.91 Å². The Bertz CT molecular complexity index is 1160. The number of fused-ring (bicyclic) bond motifs is 1. The van der Waals surface area contributed by atoms with Crippen molar-refractivity contribution >= 4 is 17.5 Å². The Morgan fingerprint density at radius 1 is 1.06 bits per heavy atom. The monoisotopic (exact) mass is 422 g/mol. The number of rotatable bonds is 6. The second-order valence-electron chi connectivity index (χ2n) is 6.78. The SMILES string of the molecule is COc1ccc(OC)c(NC(=O)C2=C(C)Nc3nnnn3C2c2ccccc2OC)c1. The zero-order valence-electron chi connectivity index (χ0n) is 17.5. The first kappa shape index (κ1) is 20.2. The number of carbonyl (C=O) groups is 1. The molecule has 1 amide bonds. The third kappa shape index (κ3) is 3.63. The van der Waals surface area contributed by atoms with Gasteiger partial charge in [0.15, 0.2) is 0 Å². The average Bonchev–Trinajstić information content (AvgIpc) is 3.25. The van der Waals surface area contributed by atoms with Gasteiger partial charge in [-0.2, -0.15) is 4.68 Å². The normalized spacial score (nSPS) is 15.0. The number of hydrogen-bond donors (Lipinski definition) is 2. The summed E-state index contributed by atoms with van der Waals surface area (Å²) < 4.78 is 17.8. The van der Waals surface area contributed by atoms with E-state index in [1.54, 1.807) is 44.0 Å². The maximum atomic E-state index is 13.5. The van der Waals surface area contributed by atoms with Crippen molar-refractivity contribution in [1.29, 1.82) is 0 Å². The van der Waals surface area contributed by atoms with Crippen molar-refractivity contribution in [1.82, 2.24) is 20.2 Å².